The first-order valence-corrected chi connectivity index (χ1v) is 8.57. The van der Waals surface area contributed by atoms with Gasteiger partial charge in [-0.3, -0.25) is 4.68 Å². The lowest BCUT2D eigenvalue weighted by Gasteiger charge is -2.17. The Bertz CT molecular complexity index is 646. The van der Waals surface area contributed by atoms with Crippen molar-refractivity contribution >= 4 is 23.0 Å². The maximum Gasteiger partial charge on any atom is 0.171 e. The number of anilines is 1. The molecule has 0 aliphatic carbocycles. The van der Waals surface area contributed by atoms with Gasteiger partial charge < -0.3 is 10.6 Å². The molecule has 1 atom stereocenters. The van der Waals surface area contributed by atoms with Gasteiger partial charge in [-0.15, -0.1) is 0 Å². The van der Waals surface area contributed by atoms with Crippen molar-refractivity contribution in [1.82, 2.24) is 15.1 Å². The monoisotopic (exact) mass is 330 g/mol. The molecule has 1 unspecified atom stereocenters. The lowest BCUT2D eigenvalue weighted by atomic mass is 10.1. The highest BCUT2D eigenvalue weighted by Gasteiger charge is 2.12. The topological polar surface area (TPSA) is 41.9 Å². The molecule has 1 aromatic heterocycles. The van der Waals surface area contributed by atoms with Crippen LogP contribution in [-0.2, 0) is 13.5 Å². The van der Waals surface area contributed by atoms with Crippen LogP contribution in [0.5, 0.6) is 0 Å². The molecule has 1 heterocycles. The van der Waals surface area contributed by atoms with E-state index in [1.807, 2.05) is 17.9 Å². The molecular weight excluding hydrogens is 304 g/mol. The van der Waals surface area contributed by atoms with Gasteiger partial charge in [0.05, 0.1) is 12.2 Å². The number of hydrogen-bond acceptors (Lipinski definition) is 2. The molecule has 0 aliphatic heterocycles. The summed E-state index contributed by atoms with van der Waals surface area (Å²) < 4.78 is 1.87. The molecule has 0 saturated carbocycles. The van der Waals surface area contributed by atoms with Crippen LogP contribution in [0, 0.1) is 6.92 Å². The molecule has 0 saturated heterocycles. The Kier molecular flexibility index (Phi) is 6.16. The van der Waals surface area contributed by atoms with E-state index in [2.05, 4.69) is 60.8 Å². The highest BCUT2D eigenvalue weighted by Crippen LogP contribution is 2.17. The summed E-state index contributed by atoms with van der Waals surface area (Å²) in [6.07, 6.45) is 5.48. The summed E-state index contributed by atoms with van der Waals surface area (Å²) in [5, 5.41) is 11.5. The zero-order chi connectivity index (χ0) is 16.8. The zero-order valence-corrected chi connectivity index (χ0v) is 15.2. The van der Waals surface area contributed by atoms with Gasteiger partial charge in [-0.1, -0.05) is 25.5 Å². The molecule has 2 N–H and O–H groups in total. The van der Waals surface area contributed by atoms with Crippen molar-refractivity contribution < 1.29 is 0 Å². The van der Waals surface area contributed by atoms with Crippen molar-refractivity contribution in [3.8, 4) is 0 Å². The van der Waals surface area contributed by atoms with Gasteiger partial charge >= 0.3 is 0 Å². The fourth-order valence-electron chi connectivity index (χ4n) is 2.52. The summed E-state index contributed by atoms with van der Waals surface area (Å²) in [4.78, 5) is 0. The molecule has 2 rings (SSSR count). The molecule has 23 heavy (non-hydrogen) atoms. The number of thiocarbonyl (C=S) groups is 1. The van der Waals surface area contributed by atoms with Crippen LogP contribution in [0.3, 0.4) is 0 Å². The van der Waals surface area contributed by atoms with Gasteiger partial charge in [0.1, 0.15) is 0 Å². The van der Waals surface area contributed by atoms with E-state index in [9.17, 15) is 0 Å². The Morgan fingerprint density at radius 1 is 1.30 bits per heavy atom. The van der Waals surface area contributed by atoms with Crippen molar-refractivity contribution in [2.24, 2.45) is 7.05 Å². The lowest BCUT2D eigenvalue weighted by molar-refractivity contribution is 0.701. The van der Waals surface area contributed by atoms with Crippen LogP contribution >= 0.6 is 12.2 Å². The van der Waals surface area contributed by atoms with Crippen molar-refractivity contribution in [1.29, 1.82) is 0 Å². The van der Waals surface area contributed by atoms with E-state index in [1.165, 1.54) is 18.4 Å². The summed E-state index contributed by atoms with van der Waals surface area (Å²) in [6, 6.07) is 8.61. The summed E-state index contributed by atoms with van der Waals surface area (Å²) in [5.74, 6) is 0. The summed E-state index contributed by atoms with van der Waals surface area (Å²) >= 11 is 5.42. The van der Waals surface area contributed by atoms with Gasteiger partial charge in [0.2, 0.25) is 0 Å². The molecule has 0 bridgehead atoms. The van der Waals surface area contributed by atoms with Gasteiger partial charge in [0, 0.05) is 24.0 Å². The minimum Gasteiger partial charge on any atom is -0.356 e. The number of rotatable bonds is 6. The number of hydrogen-bond donors (Lipinski definition) is 2. The van der Waals surface area contributed by atoms with Crippen LogP contribution in [-0.4, -0.2) is 14.9 Å². The number of aryl methyl sites for hydroxylation is 2. The second-order valence-corrected chi connectivity index (χ2v) is 6.34. The molecule has 5 heteroatoms. The summed E-state index contributed by atoms with van der Waals surface area (Å²) in [5.41, 5.74) is 4.69. The van der Waals surface area contributed by atoms with E-state index in [0.717, 1.165) is 23.4 Å². The fourth-order valence-corrected chi connectivity index (χ4v) is 2.81. The Balaban J connectivity index is 1.90. The van der Waals surface area contributed by atoms with Gasteiger partial charge in [-0.2, -0.15) is 5.10 Å². The number of unbranched alkanes of at least 4 members (excludes halogenated alkanes) is 1. The highest BCUT2D eigenvalue weighted by molar-refractivity contribution is 7.80. The first-order valence-electron chi connectivity index (χ1n) is 8.16. The predicted octanol–water partition coefficient (Wildman–Crippen LogP) is 4.12. The maximum absolute atomic E-state index is 5.42. The number of aromatic nitrogens is 2. The second-order valence-electron chi connectivity index (χ2n) is 5.93. The molecule has 0 radical (unpaired) electrons. The Hall–Kier alpha value is -1.88. The minimum atomic E-state index is 0.118. The van der Waals surface area contributed by atoms with Crippen LogP contribution in [0.25, 0.3) is 0 Å². The van der Waals surface area contributed by atoms with Crippen LogP contribution in [0.4, 0.5) is 5.69 Å². The maximum atomic E-state index is 5.42. The minimum absolute atomic E-state index is 0.118. The Morgan fingerprint density at radius 2 is 2.00 bits per heavy atom. The molecule has 1 aromatic carbocycles. The molecule has 0 aliphatic rings. The van der Waals surface area contributed by atoms with Crippen molar-refractivity contribution in [3.05, 3.63) is 47.3 Å². The summed E-state index contributed by atoms with van der Waals surface area (Å²) in [6.45, 7) is 6.36. The van der Waals surface area contributed by atoms with E-state index < -0.39 is 0 Å². The zero-order valence-electron chi connectivity index (χ0n) is 14.4. The van der Waals surface area contributed by atoms with Crippen LogP contribution in [0.1, 0.15) is 49.6 Å². The van der Waals surface area contributed by atoms with Crippen LogP contribution in [0.15, 0.2) is 30.5 Å². The van der Waals surface area contributed by atoms with Crippen molar-refractivity contribution in [2.45, 2.75) is 46.1 Å². The Labute approximate surface area is 144 Å². The second kappa shape index (κ2) is 8.11. The van der Waals surface area contributed by atoms with Crippen LogP contribution in [0.2, 0.25) is 0 Å². The Morgan fingerprint density at radius 3 is 2.57 bits per heavy atom. The molecule has 0 spiro atoms. The fraction of sp³-hybridized carbons (Fsp3) is 0.444. The third kappa shape index (κ3) is 4.79. The predicted molar refractivity (Wildman–Crippen MR) is 101 cm³/mol. The van der Waals surface area contributed by atoms with Gasteiger partial charge in [0.15, 0.2) is 5.11 Å². The van der Waals surface area contributed by atoms with E-state index in [1.54, 1.807) is 0 Å². The van der Waals surface area contributed by atoms with Crippen molar-refractivity contribution in [3.63, 3.8) is 0 Å². The van der Waals surface area contributed by atoms with E-state index in [-0.39, 0.29) is 6.04 Å². The average Bonchev–Trinajstić information content (AvgIpc) is 2.86. The first-order chi connectivity index (χ1) is 11.0. The largest absolute Gasteiger partial charge is 0.356 e. The quantitative estimate of drug-likeness (QED) is 0.782. The summed E-state index contributed by atoms with van der Waals surface area (Å²) in [7, 11) is 1.95. The molecule has 124 valence electrons. The third-order valence-electron chi connectivity index (χ3n) is 4.12. The van der Waals surface area contributed by atoms with Gasteiger partial charge in [-0.05, 0) is 56.6 Å². The van der Waals surface area contributed by atoms with E-state index in [4.69, 9.17) is 12.2 Å². The SMILES string of the molecule is CCCCc1ccc(NC(=S)NC(C)c2cnn(C)c2C)cc1. The first kappa shape index (κ1) is 17.5. The van der Waals surface area contributed by atoms with Gasteiger partial charge in [0.25, 0.3) is 0 Å². The molecule has 0 amide bonds. The standard InChI is InChI=1S/C18H26N4S/c1-5-6-7-15-8-10-16(11-9-15)21-18(23)20-13(2)17-12-19-22(4)14(17)3/h8-13H,5-7H2,1-4H3,(H2,20,21,23). The molecular formula is C18H26N4S. The van der Waals surface area contributed by atoms with E-state index in [0.29, 0.717) is 5.11 Å². The number of nitrogens with zero attached hydrogens (tertiary/aromatic N) is 2. The smallest absolute Gasteiger partial charge is 0.171 e. The lowest BCUT2D eigenvalue weighted by Crippen LogP contribution is -2.31. The number of benzene rings is 1. The molecule has 4 nitrogen and oxygen atoms in total. The van der Waals surface area contributed by atoms with E-state index >= 15 is 0 Å². The van der Waals surface area contributed by atoms with Crippen molar-refractivity contribution in [2.75, 3.05) is 5.32 Å². The highest BCUT2D eigenvalue weighted by atomic mass is 32.1. The van der Waals surface area contributed by atoms with Crippen LogP contribution < -0.4 is 10.6 Å². The normalized spacial score (nSPS) is 12.0. The van der Waals surface area contributed by atoms with Gasteiger partial charge in [-0.25, -0.2) is 0 Å². The molecule has 0 fully saturated rings. The number of nitrogens with one attached hydrogen (secondary N) is 2. The third-order valence-corrected chi connectivity index (χ3v) is 4.34. The molecule has 2 aromatic rings. The average molecular weight is 331 g/mol.